The van der Waals surface area contributed by atoms with Crippen molar-refractivity contribution in [1.82, 2.24) is 39.7 Å². The maximum absolute atomic E-state index is 13.7. The Labute approximate surface area is 219 Å². The van der Waals surface area contributed by atoms with E-state index in [4.69, 9.17) is 4.74 Å². The molecule has 4 heterocycles. The van der Waals surface area contributed by atoms with Crippen molar-refractivity contribution in [1.29, 1.82) is 0 Å². The standard InChI is InChI=1S/C24H22F3N9O3/c1-13(11-39-14(2)37)36-22(32-33-34-36)17-4-3-5-21(30-17)31-23(38)18-8-20(16(9-28-18)24(25,26)27)35-10-19(29-12-35)15-6-7-15/h3-5,8-10,12-13,15H,6-7,11H2,1-2H3,(H,30,31,38)/t13-/m1/s1. The predicted octanol–water partition coefficient (Wildman–Crippen LogP) is 3.59. The van der Waals surface area contributed by atoms with Gasteiger partial charge in [-0.05, 0) is 48.4 Å². The Morgan fingerprint density at radius 3 is 2.74 bits per heavy atom. The monoisotopic (exact) mass is 541 g/mol. The van der Waals surface area contributed by atoms with Crippen LogP contribution in [0.3, 0.4) is 0 Å². The zero-order valence-corrected chi connectivity index (χ0v) is 20.8. The molecule has 0 unspecified atom stereocenters. The maximum Gasteiger partial charge on any atom is 0.419 e. The number of amides is 1. The van der Waals surface area contributed by atoms with Gasteiger partial charge in [0, 0.05) is 25.2 Å². The van der Waals surface area contributed by atoms with E-state index in [-0.39, 0.29) is 35.5 Å². The summed E-state index contributed by atoms with van der Waals surface area (Å²) in [6.07, 6.45) is 0.671. The van der Waals surface area contributed by atoms with E-state index < -0.39 is 29.7 Å². The molecular weight excluding hydrogens is 519 g/mol. The van der Waals surface area contributed by atoms with Gasteiger partial charge in [0.05, 0.1) is 29.3 Å². The van der Waals surface area contributed by atoms with Crippen LogP contribution in [0.4, 0.5) is 19.0 Å². The molecule has 39 heavy (non-hydrogen) atoms. The fourth-order valence-corrected chi connectivity index (χ4v) is 3.84. The summed E-state index contributed by atoms with van der Waals surface area (Å²) in [5.41, 5.74) is -0.485. The lowest BCUT2D eigenvalue weighted by molar-refractivity contribution is -0.142. The lowest BCUT2D eigenvalue weighted by atomic mass is 10.2. The SMILES string of the molecule is CC(=O)OC[C@@H](C)n1nnnc1-c1cccc(NC(=O)c2cc(-n3cnc(C4CC4)c3)c(C(F)(F)F)cn2)n1. The number of hydrogen-bond donors (Lipinski definition) is 1. The van der Waals surface area contributed by atoms with Gasteiger partial charge in [0.2, 0.25) is 5.82 Å². The zero-order valence-electron chi connectivity index (χ0n) is 20.8. The van der Waals surface area contributed by atoms with Crippen molar-refractivity contribution in [2.24, 2.45) is 0 Å². The van der Waals surface area contributed by atoms with Gasteiger partial charge in [0.15, 0.2) is 0 Å². The molecule has 1 saturated carbocycles. The highest BCUT2D eigenvalue weighted by molar-refractivity contribution is 6.02. The molecule has 4 aromatic heterocycles. The highest BCUT2D eigenvalue weighted by Crippen LogP contribution is 2.40. The van der Waals surface area contributed by atoms with Crippen molar-refractivity contribution in [3.63, 3.8) is 0 Å². The van der Waals surface area contributed by atoms with Gasteiger partial charge >= 0.3 is 12.1 Å². The Morgan fingerprint density at radius 2 is 2.03 bits per heavy atom. The van der Waals surface area contributed by atoms with Crippen LogP contribution in [0.2, 0.25) is 0 Å². The van der Waals surface area contributed by atoms with Crippen LogP contribution in [0.15, 0.2) is 43.0 Å². The van der Waals surface area contributed by atoms with Crippen molar-refractivity contribution < 1.29 is 27.5 Å². The average molecular weight is 541 g/mol. The maximum atomic E-state index is 13.7. The molecule has 0 aliphatic heterocycles. The number of rotatable bonds is 8. The third-order valence-corrected chi connectivity index (χ3v) is 5.95. The van der Waals surface area contributed by atoms with E-state index in [2.05, 4.69) is 35.8 Å². The molecule has 1 aliphatic rings. The first-order chi connectivity index (χ1) is 18.6. The molecule has 1 fully saturated rings. The first-order valence-corrected chi connectivity index (χ1v) is 11.9. The van der Waals surface area contributed by atoms with Crippen molar-refractivity contribution >= 4 is 17.7 Å². The van der Waals surface area contributed by atoms with E-state index in [0.717, 1.165) is 18.9 Å². The van der Waals surface area contributed by atoms with Gasteiger partial charge in [0.25, 0.3) is 5.91 Å². The molecule has 0 radical (unpaired) electrons. The summed E-state index contributed by atoms with van der Waals surface area (Å²) in [7, 11) is 0. The van der Waals surface area contributed by atoms with Gasteiger partial charge in [-0.25, -0.2) is 14.6 Å². The summed E-state index contributed by atoms with van der Waals surface area (Å²) < 4.78 is 48.8. The molecular formula is C24H22F3N9O3. The number of aromatic nitrogens is 8. The van der Waals surface area contributed by atoms with Crippen LogP contribution < -0.4 is 5.32 Å². The quantitative estimate of drug-likeness (QED) is 0.331. The van der Waals surface area contributed by atoms with Crippen LogP contribution >= 0.6 is 0 Å². The van der Waals surface area contributed by atoms with Gasteiger partial charge in [-0.1, -0.05) is 6.07 Å². The van der Waals surface area contributed by atoms with Gasteiger partial charge in [-0.2, -0.15) is 13.2 Å². The summed E-state index contributed by atoms with van der Waals surface area (Å²) >= 11 is 0. The van der Waals surface area contributed by atoms with E-state index in [9.17, 15) is 22.8 Å². The van der Waals surface area contributed by atoms with E-state index in [1.165, 1.54) is 28.6 Å². The average Bonchev–Trinajstić information content (AvgIpc) is 3.42. The summed E-state index contributed by atoms with van der Waals surface area (Å²) in [6.45, 7) is 3.07. The van der Waals surface area contributed by atoms with Gasteiger partial charge in [0.1, 0.15) is 23.8 Å². The van der Waals surface area contributed by atoms with Crippen molar-refractivity contribution in [3.05, 3.63) is 59.9 Å². The van der Waals surface area contributed by atoms with Crippen LogP contribution in [-0.4, -0.2) is 58.2 Å². The van der Waals surface area contributed by atoms with Crippen LogP contribution in [0.1, 0.15) is 60.4 Å². The number of alkyl halides is 3. The molecule has 5 rings (SSSR count). The molecule has 0 spiro atoms. The summed E-state index contributed by atoms with van der Waals surface area (Å²) in [6, 6.07) is 5.38. The Kier molecular flexibility index (Phi) is 6.80. The second-order valence-electron chi connectivity index (χ2n) is 9.03. The minimum atomic E-state index is -4.69. The largest absolute Gasteiger partial charge is 0.464 e. The highest BCUT2D eigenvalue weighted by atomic mass is 19.4. The van der Waals surface area contributed by atoms with E-state index >= 15 is 0 Å². The number of nitrogens with zero attached hydrogens (tertiary/aromatic N) is 8. The Morgan fingerprint density at radius 1 is 1.23 bits per heavy atom. The second-order valence-corrected chi connectivity index (χ2v) is 9.03. The van der Waals surface area contributed by atoms with Crippen molar-refractivity contribution in [2.45, 2.75) is 44.8 Å². The first-order valence-electron chi connectivity index (χ1n) is 11.9. The van der Waals surface area contributed by atoms with Crippen LogP contribution in [0.5, 0.6) is 0 Å². The Hall–Kier alpha value is -4.69. The number of carbonyl (C=O) groups is 2. The molecule has 12 nitrogen and oxygen atoms in total. The molecule has 1 aliphatic carbocycles. The molecule has 4 aromatic rings. The fraction of sp³-hybridized carbons (Fsp3) is 0.333. The normalized spacial score (nSPS) is 14.2. The van der Waals surface area contributed by atoms with E-state index in [1.807, 2.05) is 0 Å². The number of ether oxygens (including phenoxy) is 1. The topological polar surface area (TPSA) is 143 Å². The number of halogens is 3. The number of esters is 1. The Bertz CT molecular complexity index is 1530. The third kappa shape index (κ3) is 5.76. The molecule has 1 N–H and O–H groups in total. The highest BCUT2D eigenvalue weighted by Gasteiger charge is 2.36. The third-order valence-electron chi connectivity index (χ3n) is 5.95. The van der Waals surface area contributed by atoms with Crippen LogP contribution in [-0.2, 0) is 15.7 Å². The minimum absolute atomic E-state index is 0.0325. The lowest BCUT2D eigenvalue weighted by Crippen LogP contribution is -2.18. The minimum Gasteiger partial charge on any atom is -0.464 e. The summed E-state index contributed by atoms with van der Waals surface area (Å²) in [4.78, 5) is 36.5. The number of nitrogens with one attached hydrogen (secondary N) is 1. The lowest BCUT2D eigenvalue weighted by Gasteiger charge is -2.14. The van der Waals surface area contributed by atoms with E-state index in [1.54, 1.807) is 25.3 Å². The molecule has 202 valence electrons. The van der Waals surface area contributed by atoms with Gasteiger partial charge in [-0.15, -0.1) is 5.10 Å². The molecule has 15 heteroatoms. The molecule has 1 atom stereocenters. The van der Waals surface area contributed by atoms with Crippen molar-refractivity contribution in [2.75, 3.05) is 11.9 Å². The number of anilines is 1. The van der Waals surface area contributed by atoms with Crippen LogP contribution in [0.25, 0.3) is 17.2 Å². The molecule has 1 amide bonds. The smallest absolute Gasteiger partial charge is 0.419 e. The van der Waals surface area contributed by atoms with E-state index in [0.29, 0.717) is 17.6 Å². The number of pyridine rings is 2. The number of tetrazole rings is 1. The number of hydrogen-bond acceptors (Lipinski definition) is 9. The summed E-state index contributed by atoms with van der Waals surface area (Å²) in [5, 5.41) is 14.1. The van der Waals surface area contributed by atoms with Gasteiger partial charge in [-0.3, -0.25) is 14.6 Å². The Balaban J connectivity index is 1.39. The molecule has 0 saturated heterocycles. The molecule has 0 aromatic carbocycles. The van der Waals surface area contributed by atoms with Crippen molar-refractivity contribution in [3.8, 4) is 17.2 Å². The fourth-order valence-electron chi connectivity index (χ4n) is 3.84. The second kappa shape index (κ2) is 10.2. The predicted molar refractivity (Wildman–Crippen MR) is 129 cm³/mol. The zero-order chi connectivity index (χ0) is 27.7. The molecule has 0 bridgehead atoms. The number of imidazole rings is 1. The number of carbonyl (C=O) groups excluding carboxylic acids is 2. The van der Waals surface area contributed by atoms with Crippen LogP contribution in [0, 0.1) is 0 Å². The first kappa shape index (κ1) is 25.9. The summed E-state index contributed by atoms with van der Waals surface area (Å²) in [5.74, 6) is -0.612. The van der Waals surface area contributed by atoms with Gasteiger partial charge < -0.3 is 14.6 Å².